The van der Waals surface area contributed by atoms with Gasteiger partial charge in [0.15, 0.2) is 11.5 Å². The first kappa shape index (κ1) is 22.1. The molecular formula is C18H15ClNNaO5. The number of nitrogens with one attached hydrogen (secondary N) is 1. The summed E-state index contributed by atoms with van der Waals surface area (Å²) in [6.45, 7) is 0. The maximum atomic E-state index is 12.0. The van der Waals surface area contributed by atoms with Gasteiger partial charge in [0.25, 0.3) is 0 Å². The smallest absolute Gasteiger partial charge is 0.545 e. The number of hydrogen-bond acceptors (Lipinski definition) is 5. The molecule has 6 nitrogen and oxygen atoms in total. The van der Waals surface area contributed by atoms with E-state index in [0.717, 1.165) is 0 Å². The van der Waals surface area contributed by atoms with Crippen molar-refractivity contribution in [2.45, 2.75) is 0 Å². The monoisotopic (exact) mass is 383 g/mol. The number of halogens is 1. The van der Waals surface area contributed by atoms with Crippen LogP contribution in [0.2, 0.25) is 5.02 Å². The van der Waals surface area contributed by atoms with Crippen molar-refractivity contribution >= 4 is 35.2 Å². The Kier molecular flexibility index (Phi) is 8.68. The molecule has 1 N–H and O–H groups in total. The van der Waals surface area contributed by atoms with Crippen molar-refractivity contribution < 1.29 is 53.7 Å². The summed E-state index contributed by atoms with van der Waals surface area (Å²) < 4.78 is 10.3. The predicted molar refractivity (Wildman–Crippen MR) is 93.0 cm³/mol. The molecule has 2 aromatic rings. The Morgan fingerprint density at radius 3 is 2.38 bits per heavy atom. The van der Waals surface area contributed by atoms with Crippen LogP contribution in [0.15, 0.2) is 42.5 Å². The normalized spacial score (nSPS) is 10.1. The zero-order valence-electron chi connectivity index (χ0n) is 14.5. The standard InChI is InChI=1S/C18H16ClNO5.Na/c1-24-15-7-3-11(9-16(15)25-2)4-8-17(21)20-14-10-12(19)5-6-13(14)18(22)23;/h3-10H,1-2H3,(H,20,21)(H,22,23);/q;+1/p-1/b8-4+;. The van der Waals surface area contributed by atoms with Crippen LogP contribution in [-0.2, 0) is 4.79 Å². The van der Waals surface area contributed by atoms with Crippen LogP contribution in [0.1, 0.15) is 15.9 Å². The van der Waals surface area contributed by atoms with E-state index in [0.29, 0.717) is 22.1 Å². The fraction of sp³-hybridized carbons (Fsp3) is 0.111. The van der Waals surface area contributed by atoms with Crippen molar-refractivity contribution in [1.29, 1.82) is 0 Å². The molecular weight excluding hydrogens is 369 g/mol. The Labute approximate surface area is 178 Å². The Morgan fingerprint density at radius 1 is 1.08 bits per heavy atom. The largest absolute Gasteiger partial charge is 1.00 e. The number of carbonyl (C=O) groups excluding carboxylic acids is 2. The molecule has 0 aliphatic heterocycles. The first-order chi connectivity index (χ1) is 11.9. The molecule has 0 radical (unpaired) electrons. The van der Waals surface area contributed by atoms with Gasteiger partial charge < -0.3 is 24.7 Å². The molecule has 0 aromatic heterocycles. The van der Waals surface area contributed by atoms with Crippen LogP contribution in [0.5, 0.6) is 11.5 Å². The molecule has 1 amide bonds. The van der Waals surface area contributed by atoms with E-state index >= 15 is 0 Å². The summed E-state index contributed by atoms with van der Waals surface area (Å²) >= 11 is 5.83. The molecule has 0 aliphatic rings. The fourth-order valence-corrected chi connectivity index (χ4v) is 2.27. The third-order valence-corrected chi connectivity index (χ3v) is 3.53. The predicted octanol–water partition coefficient (Wildman–Crippen LogP) is -0.623. The Bertz CT molecular complexity index is 838. The number of carboxylic acid groups (broad SMARTS) is 1. The second-order valence-corrected chi connectivity index (χ2v) is 5.35. The molecule has 0 fully saturated rings. The third-order valence-electron chi connectivity index (χ3n) is 3.29. The Morgan fingerprint density at radius 2 is 1.77 bits per heavy atom. The van der Waals surface area contributed by atoms with E-state index in [-0.39, 0.29) is 40.8 Å². The van der Waals surface area contributed by atoms with Crippen LogP contribution < -0.4 is 49.5 Å². The molecule has 0 spiro atoms. The van der Waals surface area contributed by atoms with Crippen molar-refractivity contribution in [2.75, 3.05) is 19.5 Å². The van der Waals surface area contributed by atoms with Crippen LogP contribution in [0.4, 0.5) is 5.69 Å². The van der Waals surface area contributed by atoms with Crippen LogP contribution in [0.3, 0.4) is 0 Å². The minimum Gasteiger partial charge on any atom is -0.545 e. The second-order valence-electron chi connectivity index (χ2n) is 4.91. The van der Waals surface area contributed by atoms with Gasteiger partial charge in [-0.2, -0.15) is 0 Å². The molecule has 0 heterocycles. The van der Waals surface area contributed by atoms with Gasteiger partial charge in [0.05, 0.1) is 25.9 Å². The third kappa shape index (κ3) is 5.78. The van der Waals surface area contributed by atoms with E-state index in [2.05, 4.69) is 5.32 Å². The van der Waals surface area contributed by atoms with Gasteiger partial charge in [-0.1, -0.05) is 17.7 Å². The molecule has 0 saturated heterocycles. The average molecular weight is 384 g/mol. The first-order valence-corrected chi connectivity index (χ1v) is 7.54. The van der Waals surface area contributed by atoms with Gasteiger partial charge in [0.2, 0.25) is 5.91 Å². The summed E-state index contributed by atoms with van der Waals surface area (Å²) in [5.74, 6) is -0.823. The molecule has 0 unspecified atom stereocenters. The number of anilines is 1. The molecule has 2 aromatic carbocycles. The SMILES string of the molecule is COc1ccc(/C=C/C(=O)Nc2cc(Cl)ccc2C(=O)[O-])cc1OC.[Na+]. The number of methoxy groups -OCH3 is 2. The van der Waals surface area contributed by atoms with Gasteiger partial charge in [-0.3, -0.25) is 4.79 Å². The van der Waals surface area contributed by atoms with Gasteiger partial charge in [-0.15, -0.1) is 0 Å². The number of carboxylic acids is 1. The fourth-order valence-electron chi connectivity index (χ4n) is 2.10. The average Bonchev–Trinajstić information content (AvgIpc) is 2.59. The molecule has 130 valence electrons. The molecule has 0 aliphatic carbocycles. The minimum atomic E-state index is -1.41. The van der Waals surface area contributed by atoms with Crippen molar-refractivity contribution in [1.82, 2.24) is 0 Å². The second kappa shape index (κ2) is 10.2. The van der Waals surface area contributed by atoms with Gasteiger partial charge in [-0.25, -0.2) is 0 Å². The summed E-state index contributed by atoms with van der Waals surface area (Å²) in [6, 6.07) is 9.18. The molecule has 8 heteroatoms. The molecule has 2 rings (SSSR count). The maximum absolute atomic E-state index is 12.0. The van der Waals surface area contributed by atoms with Crippen LogP contribution >= 0.6 is 11.6 Å². The number of amides is 1. The van der Waals surface area contributed by atoms with Crippen LogP contribution in [0.25, 0.3) is 6.08 Å². The van der Waals surface area contributed by atoms with E-state index in [4.69, 9.17) is 21.1 Å². The van der Waals surface area contributed by atoms with Crippen molar-refractivity contribution in [3.05, 3.63) is 58.6 Å². The molecule has 0 atom stereocenters. The number of hydrogen-bond donors (Lipinski definition) is 1. The van der Waals surface area contributed by atoms with Crippen molar-refractivity contribution in [3.63, 3.8) is 0 Å². The zero-order chi connectivity index (χ0) is 18.4. The molecule has 26 heavy (non-hydrogen) atoms. The number of rotatable bonds is 6. The zero-order valence-corrected chi connectivity index (χ0v) is 17.3. The van der Waals surface area contributed by atoms with Gasteiger partial charge in [-0.05, 0) is 42.0 Å². The minimum absolute atomic E-state index is 0. The number of ether oxygens (including phenoxy) is 2. The van der Waals surface area contributed by atoms with E-state index < -0.39 is 11.9 Å². The van der Waals surface area contributed by atoms with E-state index in [9.17, 15) is 14.7 Å². The summed E-state index contributed by atoms with van der Waals surface area (Å²) in [4.78, 5) is 23.1. The Balaban J connectivity index is 0.00000338. The van der Waals surface area contributed by atoms with E-state index in [1.54, 1.807) is 24.3 Å². The van der Waals surface area contributed by atoms with Gasteiger partial charge in [0.1, 0.15) is 0 Å². The number of aromatic carboxylic acids is 1. The first-order valence-electron chi connectivity index (χ1n) is 7.16. The number of benzene rings is 2. The van der Waals surface area contributed by atoms with Crippen molar-refractivity contribution in [2.24, 2.45) is 0 Å². The van der Waals surface area contributed by atoms with E-state index in [1.807, 2.05) is 0 Å². The summed E-state index contributed by atoms with van der Waals surface area (Å²) in [7, 11) is 3.04. The number of carbonyl (C=O) groups is 2. The summed E-state index contributed by atoms with van der Waals surface area (Å²) in [5.41, 5.74) is 0.616. The maximum Gasteiger partial charge on any atom is 1.00 e. The summed E-state index contributed by atoms with van der Waals surface area (Å²) in [6.07, 6.45) is 2.82. The summed E-state index contributed by atoms with van der Waals surface area (Å²) in [5, 5.41) is 13.8. The molecule has 0 bridgehead atoms. The Hall–Kier alpha value is -1.99. The topological polar surface area (TPSA) is 87.7 Å². The van der Waals surface area contributed by atoms with Gasteiger partial charge >= 0.3 is 29.6 Å². The molecule has 0 saturated carbocycles. The van der Waals surface area contributed by atoms with Crippen LogP contribution in [0, 0.1) is 0 Å². The van der Waals surface area contributed by atoms with Gasteiger partial charge in [0, 0.05) is 16.7 Å². The quantitative estimate of drug-likeness (QED) is 0.530. The van der Waals surface area contributed by atoms with E-state index in [1.165, 1.54) is 38.5 Å². The van der Waals surface area contributed by atoms with Crippen molar-refractivity contribution in [3.8, 4) is 11.5 Å². The van der Waals surface area contributed by atoms with Crippen LogP contribution in [-0.4, -0.2) is 26.1 Å².